The van der Waals surface area contributed by atoms with Gasteiger partial charge in [0.15, 0.2) is 0 Å². The second-order valence-corrected chi connectivity index (χ2v) is 3.81. The molecule has 4 heteroatoms. The fraction of sp³-hybridized carbons (Fsp3) is 0.333. The van der Waals surface area contributed by atoms with E-state index >= 15 is 0 Å². The third kappa shape index (κ3) is 3.08. The van der Waals surface area contributed by atoms with E-state index in [1.807, 2.05) is 32.0 Å². The number of hydrogen-bond donors (Lipinski definition) is 2. The van der Waals surface area contributed by atoms with Crippen LogP contribution >= 0.6 is 0 Å². The molecule has 1 rings (SSSR count). The van der Waals surface area contributed by atoms with Gasteiger partial charge in [-0.25, -0.2) is 4.79 Å². The van der Waals surface area contributed by atoms with Gasteiger partial charge in [-0.1, -0.05) is 23.8 Å². The van der Waals surface area contributed by atoms with Crippen LogP contribution in [0.1, 0.15) is 16.7 Å². The SMILES string of the molecule is Cc1ccc(CC(NC=O)C(=O)O)c(C)c1. The summed E-state index contributed by atoms with van der Waals surface area (Å²) in [6.45, 7) is 3.91. The number of benzene rings is 1. The van der Waals surface area contributed by atoms with E-state index in [2.05, 4.69) is 5.32 Å². The molecule has 0 heterocycles. The summed E-state index contributed by atoms with van der Waals surface area (Å²) in [7, 11) is 0. The second kappa shape index (κ2) is 5.30. The van der Waals surface area contributed by atoms with Gasteiger partial charge in [0.05, 0.1) is 0 Å². The number of carbonyl (C=O) groups is 2. The van der Waals surface area contributed by atoms with Crippen molar-refractivity contribution in [2.75, 3.05) is 0 Å². The maximum absolute atomic E-state index is 10.9. The van der Waals surface area contributed by atoms with Crippen molar-refractivity contribution in [2.24, 2.45) is 0 Å². The molecule has 0 radical (unpaired) electrons. The zero-order valence-electron chi connectivity index (χ0n) is 9.36. The van der Waals surface area contributed by atoms with E-state index in [-0.39, 0.29) is 0 Å². The fourth-order valence-electron chi connectivity index (χ4n) is 1.59. The average Bonchev–Trinajstić information content (AvgIpc) is 2.20. The molecule has 1 aromatic rings. The number of nitrogens with one attached hydrogen (secondary N) is 1. The lowest BCUT2D eigenvalue weighted by atomic mass is 9.99. The first-order valence-corrected chi connectivity index (χ1v) is 5.03. The Labute approximate surface area is 94.3 Å². The Morgan fingerprint density at radius 3 is 2.69 bits per heavy atom. The highest BCUT2D eigenvalue weighted by Crippen LogP contribution is 2.12. The Morgan fingerprint density at radius 1 is 1.50 bits per heavy atom. The van der Waals surface area contributed by atoms with E-state index in [1.165, 1.54) is 0 Å². The van der Waals surface area contributed by atoms with Gasteiger partial charge in [0.2, 0.25) is 6.41 Å². The first-order valence-electron chi connectivity index (χ1n) is 5.03. The molecule has 0 saturated carbocycles. The number of carboxylic acids is 1. The number of aliphatic carboxylic acids is 1. The van der Waals surface area contributed by atoms with Crippen molar-refractivity contribution in [3.63, 3.8) is 0 Å². The van der Waals surface area contributed by atoms with Gasteiger partial charge in [-0.2, -0.15) is 0 Å². The van der Waals surface area contributed by atoms with Gasteiger partial charge in [-0.05, 0) is 25.0 Å². The van der Waals surface area contributed by atoms with E-state index in [0.29, 0.717) is 12.8 Å². The highest BCUT2D eigenvalue weighted by atomic mass is 16.4. The Morgan fingerprint density at radius 2 is 2.19 bits per heavy atom. The maximum Gasteiger partial charge on any atom is 0.326 e. The highest BCUT2D eigenvalue weighted by molar-refractivity contribution is 5.76. The van der Waals surface area contributed by atoms with E-state index < -0.39 is 12.0 Å². The van der Waals surface area contributed by atoms with Crippen molar-refractivity contribution >= 4 is 12.4 Å². The molecule has 1 aromatic carbocycles. The maximum atomic E-state index is 10.9. The molecule has 86 valence electrons. The fourth-order valence-corrected chi connectivity index (χ4v) is 1.59. The van der Waals surface area contributed by atoms with Crippen LogP contribution in [0.5, 0.6) is 0 Å². The number of hydrogen-bond acceptors (Lipinski definition) is 2. The molecule has 0 spiro atoms. The molecular weight excluding hydrogens is 206 g/mol. The molecule has 1 atom stereocenters. The molecule has 4 nitrogen and oxygen atoms in total. The Hall–Kier alpha value is -1.84. The smallest absolute Gasteiger partial charge is 0.326 e. The molecule has 0 aromatic heterocycles. The number of aryl methyl sites for hydroxylation is 2. The zero-order valence-corrected chi connectivity index (χ0v) is 9.36. The minimum atomic E-state index is -1.02. The summed E-state index contributed by atoms with van der Waals surface area (Å²) in [6.07, 6.45) is 0.725. The zero-order chi connectivity index (χ0) is 12.1. The number of rotatable bonds is 5. The molecular formula is C12H15NO3. The third-order valence-electron chi connectivity index (χ3n) is 2.49. The summed E-state index contributed by atoms with van der Waals surface area (Å²) >= 11 is 0. The monoisotopic (exact) mass is 221 g/mol. The molecule has 0 aliphatic carbocycles. The van der Waals surface area contributed by atoms with Crippen LogP contribution in [0.25, 0.3) is 0 Å². The summed E-state index contributed by atoms with van der Waals surface area (Å²) in [5.41, 5.74) is 3.11. The molecule has 1 amide bonds. The average molecular weight is 221 g/mol. The van der Waals surface area contributed by atoms with Crippen LogP contribution < -0.4 is 5.32 Å². The van der Waals surface area contributed by atoms with Crippen LogP contribution in [0.2, 0.25) is 0 Å². The molecule has 0 aliphatic heterocycles. The number of amides is 1. The number of carbonyl (C=O) groups excluding carboxylic acids is 1. The van der Waals surface area contributed by atoms with Gasteiger partial charge in [-0.15, -0.1) is 0 Å². The van der Waals surface area contributed by atoms with E-state index in [4.69, 9.17) is 5.11 Å². The van der Waals surface area contributed by atoms with Crippen LogP contribution in [0, 0.1) is 13.8 Å². The van der Waals surface area contributed by atoms with E-state index in [9.17, 15) is 9.59 Å². The Kier molecular flexibility index (Phi) is 4.05. The quantitative estimate of drug-likeness (QED) is 0.730. The van der Waals surface area contributed by atoms with Gasteiger partial charge in [-0.3, -0.25) is 4.79 Å². The van der Waals surface area contributed by atoms with Gasteiger partial charge in [0.25, 0.3) is 0 Å². The molecule has 0 saturated heterocycles. The molecule has 0 aliphatic rings. The third-order valence-corrected chi connectivity index (χ3v) is 2.49. The van der Waals surface area contributed by atoms with E-state index in [1.54, 1.807) is 0 Å². The topological polar surface area (TPSA) is 66.4 Å². The minimum absolute atomic E-state index is 0.306. The molecule has 0 bridgehead atoms. The summed E-state index contributed by atoms with van der Waals surface area (Å²) in [5, 5.41) is 11.2. The number of carboxylic acid groups (broad SMARTS) is 1. The summed E-state index contributed by atoms with van der Waals surface area (Å²) in [4.78, 5) is 21.1. The minimum Gasteiger partial charge on any atom is -0.480 e. The van der Waals surface area contributed by atoms with Crippen molar-refractivity contribution in [3.8, 4) is 0 Å². The first kappa shape index (κ1) is 12.2. The van der Waals surface area contributed by atoms with Crippen LogP contribution in [-0.2, 0) is 16.0 Å². The predicted molar refractivity (Wildman–Crippen MR) is 60.2 cm³/mol. The summed E-state index contributed by atoms with van der Waals surface area (Å²) < 4.78 is 0. The van der Waals surface area contributed by atoms with Crippen LogP contribution in [0.3, 0.4) is 0 Å². The van der Waals surface area contributed by atoms with Crippen molar-refractivity contribution < 1.29 is 14.7 Å². The van der Waals surface area contributed by atoms with Crippen molar-refractivity contribution in [1.29, 1.82) is 0 Å². The molecule has 16 heavy (non-hydrogen) atoms. The Balaban J connectivity index is 2.84. The van der Waals surface area contributed by atoms with Gasteiger partial charge in [0, 0.05) is 6.42 Å². The largest absolute Gasteiger partial charge is 0.480 e. The van der Waals surface area contributed by atoms with Crippen LogP contribution in [0.4, 0.5) is 0 Å². The lowest BCUT2D eigenvalue weighted by molar-refractivity contribution is -0.140. The molecule has 2 N–H and O–H groups in total. The van der Waals surface area contributed by atoms with Crippen LogP contribution in [0.15, 0.2) is 18.2 Å². The van der Waals surface area contributed by atoms with Gasteiger partial charge >= 0.3 is 5.97 Å². The Bertz CT molecular complexity index is 401. The predicted octanol–water partition coefficient (Wildman–Crippen LogP) is 1.05. The van der Waals surface area contributed by atoms with Gasteiger partial charge in [0.1, 0.15) is 6.04 Å². The highest BCUT2D eigenvalue weighted by Gasteiger charge is 2.17. The lowest BCUT2D eigenvalue weighted by Crippen LogP contribution is -2.37. The van der Waals surface area contributed by atoms with Crippen molar-refractivity contribution in [2.45, 2.75) is 26.3 Å². The molecule has 0 fully saturated rings. The van der Waals surface area contributed by atoms with E-state index in [0.717, 1.165) is 16.7 Å². The van der Waals surface area contributed by atoms with Crippen molar-refractivity contribution in [1.82, 2.24) is 5.32 Å². The normalized spacial score (nSPS) is 11.9. The summed E-state index contributed by atoms with van der Waals surface area (Å²) in [5.74, 6) is -1.02. The van der Waals surface area contributed by atoms with Gasteiger partial charge < -0.3 is 10.4 Å². The van der Waals surface area contributed by atoms with Crippen molar-refractivity contribution in [3.05, 3.63) is 34.9 Å². The standard InChI is InChI=1S/C12H15NO3/c1-8-3-4-10(9(2)5-8)6-11(12(15)16)13-7-14/h3-5,7,11H,6H2,1-2H3,(H,13,14)(H,15,16). The first-order chi connectivity index (χ1) is 7.54. The summed E-state index contributed by atoms with van der Waals surface area (Å²) in [6, 6.07) is 4.96. The molecule has 1 unspecified atom stereocenters. The van der Waals surface area contributed by atoms with Crippen LogP contribution in [-0.4, -0.2) is 23.5 Å². The lowest BCUT2D eigenvalue weighted by Gasteiger charge is -2.13. The second-order valence-electron chi connectivity index (χ2n) is 3.81.